The Balaban J connectivity index is 1.61. The van der Waals surface area contributed by atoms with E-state index in [9.17, 15) is 5.11 Å². The zero-order valence-corrected chi connectivity index (χ0v) is 19.4. The molecular formula is C33H26O2. The summed E-state index contributed by atoms with van der Waals surface area (Å²) in [7, 11) is 0. The lowest BCUT2D eigenvalue weighted by Gasteiger charge is -2.19. The van der Waals surface area contributed by atoms with Crippen molar-refractivity contribution < 1.29 is 9.84 Å². The Bertz CT molecular complexity index is 1430. The van der Waals surface area contributed by atoms with Gasteiger partial charge in [0, 0.05) is 11.1 Å². The lowest BCUT2D eigenvalue weighted by molar-refractivity contribution is 0.202. The summed E-state index contributed by atoms with van der Waals surface area (Å²) in [5, 5.41) is 9.55. The van der Waals surface area contributed by atoms with Gasteiger partial charge in [-0.1, -0.05) is 103 Å². The highest BCUT2D eigenvalue weighted by atomic mass is 16.5. The molecule has 1 N–H and O–H groups in total. The Hall–Kier alpha value is -4.14. The fourth-order valence-electron chi connectivity index (χ4n) is 5.18. The van der Waals surface area contributed by atoms with E-state index in [-0.39, 0.29) is 13.2 Å². The Morgan fingerprint density at radius 3 is 1.77 bits per heavy atom. The van der Waals surface area contributed by atoms with Crippen LogP contribution in [0.4, 0.5) is 0 Å². The van der Waals surface area contributed by atoms with Crippen LogP contribution in [0.5, 0.6) is 5.75 Å². The van der Waals surface area contributed by atoms with Gasteiger partial charge in [0.1, 0.15) is 12.4 Å². The molecule has 2 heteroatoms. The molecule has 6 rings (SSSR count). The molecule has 0 unspecified atom stereocenters. The van der Waals surface area contributed by atoms with Crippen LogP contribution in [-0.2, 0) is 6.42 Å². The van der Waals surface area contributed by atoms with E-state index >= 15 is 0 Å². The monoisotopic (exact) mass is 454 g/mol. The van der Waals surface area contributed by atoms with Gasteiger partial charge >= 0.3 is 0 Å². The molecule has 0 saturated carbocycles. The zero-order chi connectivity index (χ0) is 23.6. The number of rotatable bonds is 6. The number of ether oxygens (including phenoxy) is 1. The molecule has 0 saturated heterocycles. The molecule has 0 bridgehead atoms. The molecule has 0 amide bonds. The van der Waals surface area contributed by atoms with E-state index in [0.29, 0.717) is 0 Å². The van der Waals surface area contributed by atoms with Crippen molar-refractivity contribution in [3.8, 4) is 50.3 Å². The van der Waals surface area contributed by atoms with Crippen molar-refractivity contribution in [2.45, 2.75) is 6.42 Å². The van der Waals surface area contributed by atoms with E-state index in [1.54, 1.807) is 0 Å². The first-order valence-corrected chi connectivity index (χ1v) is 12.1. The van der Waals surface area contributed by atoms with Crippen molar-refractivity contribution in [1.82, 2.24) is 0 Å². The van der Waals surface area contributed by atoms with Crippen LogP contribution >= 0.6 is 0 Å². The summed E-state index contributed by atoms with van der Waals surface area (Å²) in [5.41, 5.74) is 12.1. The van der Waals surface area contributed by atoms with Gasteiger partial charge in [-0.3, -0.25) is 0 Å². The predicted octanol–water partition coefficient (Wildman–Crippen LogP) is 7.63. The predicted molar refractivity (Wildman–Crippen MR) is 144 cm³/mol. The van der Waals surface area contributed by atoms with Crippen LogP contribution in [0.2, 0.25) is 0 Å². The summed E-state index contributed by atoms with van der Waals surface area (Å²) >= 11 is 0. The second-order valence-corrected chi connectivity index (χ2v) is 8.87. The quantitative estimate of drug-likeness (QED) is 0.280. The van der Waals surface area contributed by atoms with Gasteiger partial charge in [-0.2, -0.15) is 0 Å². The van der Waals surface area contributed by atoms with Gasteiger partial charge in [0.25, 0.3) is 0 Å². The van der Waals surface area contributed by atoms with E-state index < -0.39 is 0 Å². The van der Waals surface area contributed by atoms with Gasteiger partial charge in [-0.25, -0.2) is 0 Å². The molecule has 0 heterocycles. The van der Waals surface area contributed by atoms with Crippen LogP contribution in [0.15, 0.2) is 115 Å². The normalized spacial score (nSPS) is 11.7. The molecule has 1 aliphatic carbocycles. The third-order valence-corrected chi connectivity index (χ3v) is 6.76. The summed E-state index contributed by atoms with van der Waals surface area (Å²) in [6.45, 7) is 0.212. The first kappa shape index (κ1) is 21.4. The number of fused-ring (bicyclic) bond motifs is 3. The molecule has 0 aliphatic heterocycles. The van der Waals surface area contributed by atoms with Crippen LogP contribution in [0, 0.1) is 0 Å². The van der Waals surface area contributed by atoms with Crippen molar-refractivity contribution >= 4 is 0 Å². The minimum absolute atomic E-state index is 0.0331. The van der Waals surface area contributed by atoms with Gasteiger partial charge in [0.15, 0.2) is 0 Å². The molecule has 0 aromatic heterocycles. The minimum atomic E-state index is -0.0331. The minimum Gasteiger partial charge on any atom is -0.490 e. The number of aliphatic hydroxyl groups is 1. The van der Waals surface area contributed by atoms with E-state index in [1.165, 1.54) is 33.4 Å². The molecule has 1 aliphatic rings. The second-order valence-electron chi connectivity index (χ2n) is 8.87. The molecule has 35 heavy (non-hydrogen) atoms. The van der Waals surface area contributed by atoms with Crippen molar-refractivity contribution in [2.24, 2.45) is 0 Å². The summed E-state index contributed by atoms with van der Waals surface area (Å²) in [6, 6.07) is 40.6. The van der Waals surface area contributed by atoms with E-state index in [0.717, 1.165) is 34.4 Å². The van der Waals surface area contributed by atoms with Gasteiger partial charge in [-0.05, 0) is 63.1 Å². The molecule has 0 radical (unpaired) electrons. The van der Waals surface area contributed by atoms with Crippen molar-refractivity contribution in [3.63, 3.8) is 0 Å². The third kappa shape index (κ3) is 3.92. The molecular weight excluding hydrogens is 428 g/mol. The van der Waals surface area contributed by atoms with Crippen LogP contribution in [0.1, 0.15) is 11.1 Å². The van der Waals surface area contributed by atoms with Gasteiger partial charge in [-0.15, -0.1) is 0 Å². The summed E-state index contributed by atoms with van der Waals surface area (Å²) in [6.07, 6.45) is 0.936. The lowest BCUT2D eigenvalue weighted by Crippen LogP contribution is -2.05. The molecule has 0 spiro atoms. The maximum atomic E-state index is 9.55. The standard InChI is InChI=1S/C33H26O2/c34-18-19-35-33-30(23-10-3-1-4-11-23)21-26(22-31(33)24-12-5-2-6-13-24)28-16-9-17-29-27-15-8-7-14-25(27)20-32(28)29/h1-17,21-22,34H,18-20H2. The van der Waals surface area contributed by atoms with Gasteiger partial charge < -0.3 is 9.84 Å². The Labute approximate surface area is 206 Å². The SMILES string of the molecule is OCCOc1c(-c2ccccc2)cc(-c2cccc3c2Cc2ccccc2-3)cc1-c1ccccc1. The fourth-order valence-corrected chi connectivity index (χ4v) is 5.18. The molecule has 0 atom stereocenters. The number of hydrogen-bond donors (Lipinski definition) is 1. The number of hydrogen-bond acceptors (Lipinski definition) is 2. The third-order valence-electron chi connectivity index (χ3n) is 6.76. The zero-order valence-electron chi connectivity index (χ0n) is 19.4. The fraction of sp³-hybridized carbons (Fsp3) is 0.0909. The van der Waals surface area contributed by atoms with Crippen LogP contribution in [0.3, 0.4) is 0 Å². The summed E-state index contributed by atoms with van der Waals surface area (Å²) in [4.78, 5) is 0. The maximum Gasteiger partial charge on any atom is 0.135 e. The summed E-state index contributed by atoms with van der Waals surface area (Å²) < 4.78 is 6.21. The highest BCUT2D eigenvalue weighted by Crippen LogP contribution is 2.46. The van der Waals surface area contributed by atoms with Crippen LogP contribution < -0.4 is 4.74 Å². The molecule has 2 nitrogen and oxygen atoms in total. The average Bonchev–Trinajstić information content (AvgIpc) is 3.31. The largest absolute Gasteiger partial charge is 0.490 e. The first-order chi connectivity index (χ1) is 17.3. The lowest BCUT2D eigenvalue weighted by atomic mass is 9.89. The van der Waals surface area contributed by atoms with E-state index in [2.05, 4.69) is 103 Å². The molecule has 0 fully saturated rings. The molecule has 5 aromatic rings. The number of aliphatic hydroxyl groups excluding tert-OH is 1. The van der Waals surface area contributed by atoms with Crippen molar-refractivity contribution in [3.05, 3.63) is 126 Å². The first-order valence-electron chi connectivity index (χ1n) is 12.1. The highest BCUT2D eigenvalue weighted by Gasteiger charge is 2.23. The maximum absolute atomic E-state index is 9.55. The van der Waals surface area contributed by atoms with Gasteiger partial charge in [0.2, 0.25) is 0 Å². The molecule has 5 aromatic carbocycles. The van der Waals surface area contributed by atoms with Crippen molar-refractivity contribution in [2.75, 3.05) is 13.2 Å². The number of benzene rings is 5. The van der Waals surface area contributed by atoms with Crippen molar-refractivity contribution in [1.29, 1.82) is 0 Å². The van der Waals surface area contributed by atoms with E-state index in [4.69, 9.17) is 4.74 Å². The summed E-state index contributed by atoms with van der Waals surface area (Å²) in [5.74, 6) is 0.802. The Morgan fingerprint density at radius 1 is 0.543 bits per heavy atom. The topological polar surface area (TPSA) is 29.5 Å². The molecule has 170 valence electrons. The smallest absolute Gasteiger partial charge is 0.135 e. The Morgan fingerprint density at radius 2 is 1.11 bits per heavy atom. The Kier molecular flexibility index (Phi) is 5.65. The van der Waals surface area contributed by atoms with E-state index in [1.807, 2.05) is 12.1 Å². The highest BCUT2D eigenvalue weighted by molar-refractivity contribution is 5.91. The average molecular weight is 455 g/mol. The van der Waals surface area contributed by atoms with Gasteiger partial charge in [0.05, 0.1) is 6.61 Å². The second kappa shape index (κ2) is 9.25. The van der Waals surface area contributed by atoms with Crippen LogP contribution in [-0.4, -0.2) is 18.3 Å². The van der Waals surface area contributed by atoms with Crippen LogP contribution in [0.25, 0.3) is 44.5 Å².